The van der Waals surface area contributed by atoms with Crippen LogP contribution in [0, 0.1) is 33.1 Å². The van der Waals surface area contributed by atoms with Gasteiger partial charge in [0.25, 0.3) is 23.2 Å². The topological polar surface area (TPSA) is 729 Å². The molecule has 0 aliphatic carbocycles. The number of nitrogens with one attached hydrogen (secondary N) is 8. The Kier molecular flexibility index (Phi) is 35.2. The van der Waals surface area contributed by atoms with Crippen LogP contribution in [0.3, 0.4) is 0 Å². The van der Waals surface area contributed by atoms with E-state index in [0.29, 0.717) is 61.4 Å². The molecule has 2 aliphatic rings. The molecule has 4 aromatic heterocycles. The Hall–Kier alpha value is -10.5. The molecule has 48 heteroatoms. The molecule has 0 spiro atoms. The van der Waals surface area contributed by atoms with Crippen molar-refractivity contribution in [2.45, 2.75) is 183 Å². The van der Waals surface area contributed by atoms with Gasteiger partial charge in [-0.05, 0) is 64.3 Å². The van der Waals surface area contributed by atoms with E-state index in [-0.39, 0.29) is 59.5 Å². The minimum Gasteiger partial charge on any atom is -0.441 e. The van der Waals surface area contributed by atoms with Crippen LogP contribution in [0.15, 0.2) is 71.8 Å². The van der Waals surface area contributed by atoms with Crippen LogP contribution in [0.2, 0.25) is 0 Å². The molecule has 26 N–H and O–H groups in total. The number of hydrogen-bond acceptors (Lipinski definition) is 37. The molecule has 6 heterocycles. The van der Waals surface area contributed by atoms with Crippen molar-refractivity contribution in [1.82, 2.24) is 72.0 Å². The highest BCUT2D eigenvalue weighted by atomic mass is 32.1. The third-order valence-corrected chi connectivity index (χ3v) is 21.1. The Bertz CT molecular complexity index is 4400. The number of anilines is 1. The maximum Gasteiger partial charge on any atom is 0.404 e. The highest BCUT2D eigenvalue weighted by Gasteiger charge is 2.54. The summed E-state index contributed by atoms with van der Waals surface area (Å²) in [6, 6.07) is 4.63. The van der Waals surface area contributed by atoms with Gasteiger partial charge < -0.3 is 135 Å². The molecule has 0 radical (unpaired) electrons. The van der Waals surface area contributed by atoms with Gasteiger partial charge in [-0.2, -0.15) is 0 Å². The Morgan fingerprint density at radius 2 is 1.37 bits per heavy atom. The van der Waals surface area contributed by atoms with Crippen LogP contribution in [-0.4, -0.2) is 283 Å². The van der Waals surface area contributed by atoms with Crippen molar-refractivity contribution in [2.24, 2.45) is 28.9 Å². The number of thiazole rings is 2. The molecule has 0 unspecified atom stereocenters. The molecule has 8 amide bonds. The van der Waals surface area contributed by atoms with Gasteiger partial charge in [0.2, 0.25) is 29.5 Å². The number of aliphatic hydroxyl groups excluding tert-OH is 8. The van der Waals surface area contributed by atoms with Crippen LogP contribution in [0.5, 0.6) is 0 Å². The fraction of sp³-hybridized carbons (Fsp3) is 0.535. The van der Waals surface area contributed by atoms with Crippen molar-refractivity contribution in [3.05, 3.63) is 137 Å². The number of unbranched alkanes of at least 4 members (excludes halogenated alkanes) is 1. The maximum atomic E-state index is 15.3. The van der Waals surface area contributed by atoms with E-state index in [1.807, 2.05) is 0 Å². The van der Waals surface area contributed by atoms with E-state index in [9.17, 15) is 89.8 Å². The van der Waals surface area contributed by atoms with E-state index in [1.165, 1.54) is 74.6 Å². The molecule has 19 atom stereocenters. The molecule has 8 rings (SSSR count). The summed E-state index contributed by atoms with van der Waals surface area (Å²) >= 11 is 2.42. The summed E-state index contributed by atoms with van der Waals surface area (Å²) in [5.41, 5.74) is 29.7. The van der Waals surface area contributed by atoms with E-state index in [1.54, 1.807) is 35.0 Å². The van der Waals surface area contributed by atoms with Gasteiger partial charge in [0.1, 0.15) is 94.6 Å². The summed E-state index contributed by atoms with van der Waals surface area (Å²) in [5, 5.41) is 134. The molecule has 6 aromatic rings. The van der Waals surface area contributed by atoms with Crippen LogP contribution in [-0.2, 0) is 67.2 Å². The number of nitrogen functional groups attached to an aromatic ring is 1. The van der Waals surface area contributed by atoms with Crippen molar-refractivity contribution in [3.8, 4) is 10.7 Å². The summed E-state index contributed by atoms with van der Waals surface area (Å²) in [7, 11) is 0. The number of non-ortho nitro benzene ring substituents is 2. The lowest BCUT2D eigenvalue weighted by atomic mass is 9.96. The van der Waals surface area contributed by atoms with Crippen molar-refractivity contribution < 1.29 is 113 Å². The summed E-state index contributed by atoms with van der Waals surface area (Å²) < 4.78 is 28.8. The molecule has 2 aromatic carbocycles. The summed E-state index contributed by atoms with van der Waals surface area (Å²) in [6.07, 6.45) is -23.3. The predicted molar refractivity (Wildman–Crippen MR) is 417 cm³/mol. The Balaban J connectivity index is 0.915. The molecule has 0 saturated carbocycles. The second-order valence-corrected chi connectivity index (χ2v) is 29.9. The molecule has 2 saturated heterocycles. The number of benzene rings is 2. The van der Waals surface area contributed by atoms with E-state index in [0.717, 1.165) is 36.5 Å². The number of nitro benzene ring substituents is 2. The number of nitrogens with zero attached hydrogens (tertiary/aromatic N) is 8. The Morgan fingerprint density at radius 1 is 0.714 bits per heavy atom. The molecule has 119 heavy (non-hydrogen) atoms. The lowest BCUT2D eigenvalue weighted by Gasteiger charge is -2.47. The quantitative estimate of drug-likeness (QED) is 0.00970. The normalized spacial score (nSPS) is 21.5. The van der Waals surface area contributed by atoms with Gasteiger partial charge in [0.15, 0.2) is 18.7 Å². The Labute approximate surface area is 686 Å². The number of aliphatic hydroxyl groups is 8. The minimum absolute atomic E-state index is 0.0122. The number of carbonyl (C=O) groups excluding carboxylic acids is 8. The van der Waals surface area contributed by atoms with Crippen LogP contribution in [0.4, 0.5) is 22.0 Å². The second kappa shape index (κ2) is 44.5. The van der Waals surface area contributed by atoms with Gasteiger partial charge >= 0.3 is 6.09 Å². The van der Waals surface area contributed by atoms with Crippen molar-refractivity contribution >= 4 is 87.3 Å². The van der Waals surface area contributed by atoms with Crippen LogP contribution in [0.1, 0.15) is 113 Å². The zero-order valence-corrected chi connectivity index (χ0v) is 66.4. The SMILES string of the molecule is Cc1c(N)nc([C@H](CC(N)=O)NC[C@H](N)C(N)=O)nc1C(=O)N[C@H](C(=O)N[C@H](C)[C@@H](O)[C@H](C)C(=O)N[C@H](C(=O)NCCc1nc(-c2nc(C(=O)NCCCN(CCCCNCc3ccc([N+](=O)[O-])cc3)Cc3ccc([N+](=O)[O-])cc3)cs2)cs1)[C@@H](C)O)[C@@H](O[C@@H]1O[C@@H](CO)[C@@H](O)[C@H](O)[C@@H]1O[C@H]1O[C@H](CO)[C@@H](O)[C@H](OC(N)=O)[C@@H]1O)c1cnc[nH]1. The van der Waals surface area contributed by atoms with Crippen LogP contribution < -0.4 is 65.9 Å². The standard InChI is InChI=1S/C71H99N21O25S2/c1-32-49(86-62(89-60(32)74)41(22-47(73)96)81-24-40(72)61(75)102)66(106)88-51(57(42-25-78-31-82-42)115-70-59(55(100)53(98)45(27-93)114-70)116-69-56(101)58(117-71(76)108)54(99)46(28-94)113-69)67(107)83-34(3)52(97)33(2)63(103)87-50(35(4)95)65(105)80-19-16-48-84-44(30-118-48)68-85-43(29-119-68)64(104)79-18-7-21-90(26-37-10-14-39(15-11-37)92(111)112)20-6-5-17-77-23-36-8-12-38(13-9-36)91(109)110/h8-15,25,29-31,33-35,40-41,45-46,50-59,69-70,77,81,93-95,97-101H,5-7,16-24,26-28,72H2,1-4H3,(H2,73,96)(H2,75,102)(H2,76,108)(H,78,82)(H,79,104)(H,80,105)(H,83,107)(H,87,103)(H,88,106)(H2,74,86,89)/t33-,34+,35+,40-,41-,45-,46+,50-,51-,52-,53+,54+,55-,56-,57-,58-,59-,69+,70-/m0/s1. The number of rotatable bonds is 46. The summed E-state index contributed by atoms with van der Waals surface area (Å²) in [5.74, 6) is -9.02. The first-order valence-electron chi connectivity index (χ1n) is 37.4. The van der Waals surface area contributed by atoms with Gasteiger partial charge in [-0.25, -0.2) is 29.7 Å². The van der Waals surface area contributed by atoms with E-state index in [2.05, 4.69) is 72.0 Å². The van der Waals surface area contributed by atoms with Crippen molar-refractivity contribution in [2.75, 3.05) is 58.2 Å². The Morgan fingerprint density at radius 3 is 1.99 bits per heavy atom. The van der Waals surface area contributed by atoms with E-state index >= 15 is 9.59 Å². The number of primary amides is 3. The first-order valence-corrected chi connectivity index (χ1v) is 39.2. The number of H-pyrrole nitrogens is 1. The van der Waals surface area contributed by atoms with Gasteiger partial charge in [0.05, 0.1) is 82.5 Å². The smallest absolute Gasteiger partial charge is 0.404 e. The van der Waals surface area contributed by atoms with Crippen LogP contribution >= 0.6 is 22.7 Å². The van der Waals surface area contributed by atoms with Gasteiger partial charge in [-0.15, -0.1) is 22.7 Å². The predicted octanol–water partition coefficient (Wildman–Crippen LogP) is -4.69. The van der Waals surface area contributed by atoms with E-state index < -0.39 is 198 Å². The first-order chi connectivity index (χ1) is 56.6. The maximum absolute atomic E-state index is 15.3. The van der Waals surface area contributed by atoms with Gasteiger partial charge in [0, 0.05) is 92.7 Å². The summed E-state index contributed by atoms with van der Waals surface area (Å²) in [4.78, 5) is 156. The highest BCUT2D eigenvalue weighted by molar-refractivity contribution is 7.14. The molecule has 0 bridgehead atoms. The average Bonchev–Trinajstić information content (AvgIpc) is 0.814. The number of hydrogen-bond donors (Lipinski definition) is 21. The zero-order valence-electron chi connectivity index (χ0n) is 64.8. The second-order valence-electron chi connectivity index (χ2n) is 28.1. The zero-order chi connectivity index (χ0) is 87.1. The molecule has 46 nitrogen and oxygen atoms in total. The van der Waals surface area contributed by atoms with Gasteiger partial charge in [-0.3, -0.25) is 58.7 Å². The highest BCUT2D eigenvalue weighted by Crippen LogP contribution is 2.35. The molecule has 2 fully saturated rings. The lowest BCUT2D eigenvalue weighted by Crippen LogP contribution is -2.65. The number of aromatic amines is 1. The van der Waals surface area contributed by atoms with Crippen LogP contribution in [0.25, 0.3) is 10.7 Å². The number of amides is 8. The monoisotopic (exact) mass is 1710 g/mol. The van der Waals surface area contributed by atoms with Crippen molar-refractivity contribution in [3.63, 3.8) is 0 Å². The van der Waals surface area contributed by atoms with Gasteiger partial charge in [-0.1, -0.05) is 31.2 Å². The molecule has 2 aliphatic heterocycles. The first kappa shape index (κ1) is 94.0. The fourth-order valence-electron chi connectivity index (χ4n) is 12.5. The minimum atomic E-state index is -2.22. The molecular formula is C71H99N21O25S2. The molecule has 650 valence electrons. The summed E-state index contributed by atoms with van der Waals surface area (Å²) in [6.45, 7) is 5.79. The number of aromatic nitrogens is 6. The lowest BCUT2D eigenvalue weighted by molar-refractivity contribution is -0.385. The number of ether oxygens (including phenoxy) is 5. The largest absolute Gasteiger partial charge is 0.441 e. The average molecular weight is 1710 g/mol. The number of nitro groups is 2. The fourth-order valence-corrected chi connectivity index (χ4v) is 14.2. The number of imidazole rings is 1. The number of carbonyl (C=O) groups is 8. The third-order valence-electron chi connectivity index (χ3n) is 19.3. The van der Waals surface area contributed by atoms with E-state index in [4.69, 9.17) is 52.4 Å². The molecular weight excluding hydrogens is 1610 g/mol. The number of nitrogens with two attached hydrogens (primary N) is 5. The third kappa shape index (κ3) is 26.3. The van der Waals surface area contributed by atoms with Crippen molar-refractivity contribution in [1.29, 1.82) is 0 Å².